The molecule has 4 aliphatic rings. The van der Waals surface area contributed by atoms with E-state index >= 15 is 0 Å². The van der Waals surface area contributed by atoms with Gasteiger partial charge in [-0.05, 0) is 62.8 Å². The van der Waals surface area contributed by atoms with Gasteiger partial charge in [0, 0.05) is 29.4 Å². The van der Waals surface area contributed by atoms with E-state index in [1.165, 1.54) is 12.8 Å². The van der Waals surface area contributed by atoms with Crippen LogP contribution in [0.1, 0.15) is 44.6 Å². The molecule has 2 atom stereocenters. The molecule has 6 rings (SSSR count). The van der Waals surface area contributed by atoms with Gasteiger partial charge < -0.3 is 20.2 Å². The van der Waals surface area contributed by atoms with Crippen molar-refractivity contribution in [3.8, 4) is 0 Å². The van der Waals surface area contributed by atoms with Gasteiger partial charge in [-0.15, -0.1) is 0 Å². The van der Waals surface area contributed by atoms with Crippen molar-refractivity contribution < 1.29 is 9.94 Å². The molecule has 0 aromatic carbocycles. The number of aromatic amines is 1. The first-order chi connectivity index (χ1) is 12.6. The number of H-pyrrole nitrogens is 1. The van der Waals surface area contributed by atoms with E-state index in [1.54, 1.807) is 7.11 Å². The zero-order valence-electron chi connectivity index (χ0n) is 15.3. The van der Waals surface area contributed by atoms with E-state index < -0.39 is 5.60 Å². The molecule has 0 saturated heterocycles. The van der Waals surface area contributed by atoms with Crippen LogP contribution in [-0.2, 0) is 4.84 Å². The molecule has 0 radical (unpaired) electrons. The lowest BCUT2D eigenvalue weighted by atomic mass is 9.52. The summed E-state index contributed by atoms with van der Waals surface area (Å²) < 4.78 is 0. The van der Waals surface area contributed by atoms with Crippen LogP contribution in [0.3, 0.4) is 0 Å². The molecule has 3 N–H and O–H groups in total. The van der Waals surface area contributed by atoms with Gasteiger partial charge in [-0.1, -0.05) is 5.16 Å². The third kappa shape index (κ3) is 2.42. The second-order valence-electron chi connectivity index (χ2n) is 8.51. The van der Waals surface area contributed by atoms with Crippen molar-refractivity contribution in [3.05, 3.63) is 24.0 Å². The zero-order chi connectivity index (χ0) is 17.9. The van der Waals surface area contributed by atoms with E-state index in [0.717, 1.165) is 47.3 Å². The Morgan fingerprint density at radius 3 is 2.81 bits per heavy atom. The average Bonchev–Trinajstić information content (AvgIpc) is 3.05. The molecular formula is C20H26N4O2. The van der Waals surface area contributed by atoms with Crippen molar-refractivity contribution in [2.24, 2.45) is 22.9 Å². The Hall–Kier alpha value is -2.08. The first kappa shape index (κ1) is 16.1. The molecule has 138 valence electrons. The highest BCUT2D eigenvalue weighted by Gasteiger charge is 2.54. The number of nitrogens with one attached hydrogen (secondary N) is 2. The molecular weight excluding hydrogens is 328 g/mol. The highest BCUT2D eigenvalue weighted by Crippen LogP contribution is 2.56. The van der Waals surface area contributed by atoms with E-state index in [9.17, 15) is 5.11 Å². The van der Waals surface area contributed by atoms with E-state index in [0.29, 0.717) is 23.8 Å². The number of nitrogens with zero attached hydrogens (tertiary/aromatic N) is 2. The summed E-state index contributed by atoms with van der Waals surface area (Å²) in [6.45, 7) is 1.95. The largest absolute Gasteiger partial charge is 0.399 e. The smallest absolute Gasteiger partial charge is 0.139 e. The molecule has 4 fully saturated rings. The SMILES string of the molecule is CO/N=C(\C)c1cnc2[nH]ccc2c1NC1C2CC3CC1CC(O)(C3)C2. The summed E-state index contributed by atoms with van der Waals surface area (Å²) in [5.74, 6) is 1.79. The molecule has 2 unspecified atom stereocenters. The second-order valence-corrected chi connectivity index (χ2v) is 8.51. The fourth-order valence-corrected chi connectivity index (χ4v) is 6.01. The maximum absolute atomic E-state index is 10.9. The minimum absolute atomic E-state index is 0.404. The molecule has 26 heavy (non-hydrogen) atoms. The van der Waals surface area contributed by atoms with Crippen LogP contribution in [0.4, 0.5) is 5.69 Å². The predicted molar refractivity (Wildman–Crippen MR) is 101 cm³/mol. The minimum Gasteiger partial charge on any atom is -0.399 e. The van der Waals surface area contributed by atoms with Crippen LogP contribution in [0.15, 0.2) is 23.6 Å². The van der Waals surface area contributed by atoms with Gasteiger partial charge in [0.25, 0.3) is 0 Å². The lowest BCUT2D eigenvalue weighted by Gasteiger charge is -2.58. The molecule has 6 nitrogen and oxygen atoms in total. The quantitative estimate of drug-likeness (QED) is 0.581. The van der Waals surface area contributed by atoms with Crippen LogP contribution in [-0.4, -0.2) is 39.5 Å². The average molecular weight is 354 g/mol. The van der Waals surface area contributed by atoms with Crippen molar-refractivity contribution >= 4 is 22.4 Å². The summed E-state index contributed by atoms with van der Waals surface area (Å²) >= 11 is 0. The van der Waals surface area contributed by atoms with Gasteiger partial charge in [0.1, 0.15) is 12.8 Å². The number of hydrogen-bond acceptors (Lipinski definition) is 5. The monoisotopic (exact) mass is 354 g/mol. The highest BCUT2D eigenvalue weighted by molar-refractivity contribution is 6.08. The fourth-order valence-electron chi connectivity index (χ4n) is 6.01. The highest BCUT2D eigenvalue weighted by atomic mass is 16.6. The Kier molecular flexibility index (Phi) is 3.54. The normalized spacial score (nSPS) is 35.9. The third-order valence-corrected chi connectivity index (χ3v) is 6.76. The first-order valence-corrected chi connectivity index (χ1v) is 9.59. The van der Waals surface area contributed by atoms with Gasteiger partial charge >= 0.3 is 0 Å². The molecule has 4 bridgehead atoms. The summed E-state index contributed by atoms with van der Waals surface area (Å²) in [4.78, 5) is 12.7. The van der Waals surface area contributed by atoms with Gasteiger partial charge in [0.15, 0.2) is 0 Å². The second kappa shape index (κ2) is 5.71. The van der Waals surface area contributed by atoms with Crippen LogP contribution in [0.2, 0.25) is 0 Å². The van der Waals surface area contributed by atoms with Crippen LogP contribution in [0.25, 0.3) is 11.0 Å². The van der Waals surface area contributed by atoms with E-state index in [4.69, 9.17) is 4.84 Å². The van der Waals surface area contributed by atoms with Crippen LogP contribution >= 0.6 is 0 Å². The maximum atomic E-state index is 10.9. The topological polar surface area (TPSA) is 82.5 Å². The van der Waals surface area contributed by atoms with Gasteiger partial charge in [-0.2, -0.15) is 0 Å². The maximum Gasteiger partial charge on any atom is 0.139 e. The molecule has 0 amide bonds. The number of rotatable bonds is 4. The molecule has 2 heterocycles. The Morgan fingerprint density at radius 1 is 1.35 bits per heavy atom. The minimum atomic E-state index is -0.410. The number of fused-ring (bicyclic) bond motifs is 1. The number of oxime groups is 1. The lowest BCUT2D eigenvalue weighted by Crippen LogP contribution is -2.59. The molecule has 0 spiro atoms. The Labute approximate surface area is 153 Å². The van der Waals surface area contributed by atoms with Gasteiger partial charge in [-0.3, -0.25) is 0 Å². The number of pyridine rings is 1. The van der Waals surface area contributed by atoms with E-state index in [-0.39, 0.29) is 0 Å². The summed E-state index contributed by atoms with van der Waals surface area (Å²) in [5, 5.41) is 19.9. The first-order valence-electron chi connectivity index (χ1n) is 9.59. The van der Waals surface area contributed by atoms with Crippen molar-refractivity contribution in [1.29, 1.82) is 0 Å². The summed E-state index contributed by atoms with van der Waals surface area (Å²) in [6, 6.07) is 2.47. The third-order valence-electron chi connectivity index (χ3n) is 6.76. The Balaban J connectivity index is 1.54. The van der Waals surface area contributed by atoms with Crippen molar-refractivity contribution in [3.63, 3.8) is 0 Å². The predicted octanol–water partition coefficient (Wildman–Crippen LogP) is 3.28. The van der Waals surface area contributed by atoms with Crippen LogP contribution in [0, 0.1) is 17.8 Å². The molecule has 4 saturated carbocycles. The Bertz CT molecular complexity index is 858. The summed E-state index contributed by atoms with van der Waals surface area (Å²) in [6.07, 6.45) is 9.13. The standard InChI is InChI=1S/C20H26N4O2/c1-11(24-26-2)16-10-22-19-15(3-4-21-19)18(16)23-17-13-5-12-6-14(17)9-20(25,7-12)8-13/h3-4,10,12-14,17,25H,5-9H2,1-2H3,(H2,21,22,23)/b24-11+. The van der Waals surface area contributed by atoms with Gasteiger partial charge in [-0.25, -0.2) is 4.98 Å². The van der Waals surface area contributed by atoms with Crippen molar-refractivity contribution in [2.45, 2.75) is 50.7 Å². The zero-order valence-corrected chi connectivity index (χ0v) is 15.3. The number of aliphatic hydroxyl groups is 1. The number of aromatic nitrogens is 2. The van der Waals surface area contributed by atoms with Crippen molar-refractivity contribution in [2.75, 3.05) is 12.4 Å². The van der Waals surface area contributed by atoms with Gasteiger partial charge in [0.2, 0.25) is 0 Å². The fraction of sp³-hybridized carbons (Fsp3) is 0.600. The summed E-state index contributed by atoms with van der Waals surface area (Å²) in [5.41, 5.74) is 3.34. The Morgan fingerprint density at radius 2 is 2.12 bits per heavy atom. The lowest BCUT2D eigenvalue weighted by molar-refractivity contribution is -0.129. The van der Waals surface area contributed by atoms with Crippen molar-refractivity contribution in [1.82, 2.24) is 9.97 Å². The number of anilines is 1. The molecule has 2 aromatic heterocycles. The van der Waals surface area contributed by atoms with Crippen LogP contribution in [0.5, 0.6) is 0 Å². The molecule has 2 aromatic rings. The van der Waals surface area contributed by atoms with Gasteiger partial charge in [0.05, 0.1) is 17.0 Å². The van der Waals surface area contributed by atoms with E-state index in [1.807, 2.05) is 19.3 Å². The van der Waals surface area contributed by atoms with E-state index in [2.05, 4.69) is 26.5 Å². The van der Waals surface area contributed by atoms with Crippen LogP contribution < -0.4 is 5.32 Å². The molecule has 6 heteroatoms. The molecule has 0 aliphatic heterocycles. The number of hydrogen-bond donors (Lipinski definition) is 3. The summed E-state index contributed by atoms with van der Waals surface area (Å²) in [7, 11) is 1.57. The molecule has 4 aliphatic carbocycles.